The first-order valence-electron chi connectivity index (χ1n) is 5.55. The molecule has 1 aromatic heterocycles. The van der Waals surface area contributed by atoms with Crippen molar-refractivity contribution in [1.29, 1.82) is 0 Å². The van der Waals surface area contributed by atoms with Gasteiger partial charge in [-0.15, -0.1) is 5.10 Å². The Morgan fingerprint density at radius 2 is 1.94 bits per heavy atom. The van der Waals surface area contributed by atoms with E-state index in [2.05, 4.69) is 52.2 Å². The first-order valence-corrected chi connectivity index (χ1v) is 6.72. The molecule has 0 aliphatic carbocycles. The highest BCUT2D eigenvalue weighted by Gasteiger charge is 2.24. The molecule has 0 saturated carbocycles. The van der Waals surface area contributed by atoms with E-state index in [0.29, 0.717) is 5.02 Å². The van der Waals surface area contributed by atoms with Crippen LogP contribution in [-0.4, -0.2) is 20.2 Å². The molecule has 0 fully saturated rings. The fourth-order valence-corrected chi connectivity index (χ4v) is 2.40. The number of aryl methyl sites for hydroxylation is 1. The zero-order chi connectivity index (χ0) is 13.5. The SMILES string of the molecule is Cc1cc(Br)c(-n2nnnc2C(C)(C)C)cc1Cl. The lowest BCUT2D eigenvalue weighted by Crippen LogP contribution is -2.19. The molecule has 0 aliphatic rings. The summed E-state index contributed by atoms with van der Waals surface area (Å²) in [5.74, 6) is 0.795. The average molecular weight is 330 g/mol. The number of nitrogens with zero attached hydrogens (tertiary/aromatic N) is 4. The summed E-state index contributed by atoms with van der Waals surface area (Å²) in [7, 11) is 0. The van der Waals surface area contributed by atoms with Crippen molar-refractivity contribution in [1.82, 2.24) is 20.2 Å². The highest BCUT2D eigenvalue weighted by molar-refractivity contribution is 9.10. The van der Waals surface area contributed by atoms with Crippen LogP contribution in [0, 0.1) is 6.92 Å². The monoisotopic (exact) mass is 328 g/mol. The molecule has 0 amide bonds. The summed E-state index contributed by atoms with van der Waals surface area (Å²) in [5.41, 5.74) is 1.72. The molecule has 1 heterocycles. The molecule has 0 radical (unpaired) electrons. The van der Waals surface area contributed by atoms with E-state index in [-0.39, 0.29) is 5.41 Å². The number of halogens is 2. The summed E-state index contributed by atoms with van der Waals surface area (Å²) in [6.45, 7) is 8.16. The van der Waals surface area contributed by atoms with Gasteiger partial charge in [0.2, 0.25) is 0 Å². The van der Waals surface area contributed by atoms with E-state index in [0.717, 1.165) is 21.5 Å². The van der Waals surface area contributed by atoms with Crippen molar-refractivity contribution < 1.29 is 0 Å². The molecule has 0 unspecified atom stereocenters. The zero-order valence-electron chi connectivity index (χ0n) is 10.7. The van der Waals surface area contributed by atoms with Gasteiger partial charge in [0, 0.05) is 14.9 Å². The Morgan fingerprint density at radius 3 is 2.56 bits per heavy atom. The summed E-state index contributed by atoms with van der Waals surface area (Å²) in [6.07, 6.45) is 0. The Labute approximate surface area is 119 Å². The number of hydrogen-bond acceptors (Lipinski definition) is 3. The maximum Gasteiger partial charge on any atom is 0.162 e. The van der Waals surface area contributed by atoms with E-state index in [9.17, 15) is 0 Å². The molecule has 1 aromatic carbocycles. The third kappa shape index (κ3) is 2.42. The lowest BCUT2D eigenvalue weighted by Gasteiger charge is -2.18. The first-order chi connectivity index (χ1) is 8.30. The van der Waals surface area contributed by atoms with Crippen molar-refractivity contribution in [2.45, 2.75) is 33.1 Å². The first kappa shape index (κ1) is 13.5. The van der Waals surface area contributed by atoms with Crippen LogP contribution in [0.3, 0.4) is 0 Å². The molecule has 0 spiro atoms. The minimum Gasteiger partial charge on any atom is -0.196 e. The Balaban J connectivity index is 2.64. The van der Waals surface area contributed by atoms with Gasteiger partial charge in [0.25, 0.3) is 0 Å². The predicted octanol–water partition coefficient (Wildman–Crippen LogP) is 3.68. The Kier molecular flexibility index (Phi) is 3.47. The molecule has 0 atom stereocenters. The predicted molar refractivity (Wildman–Crippen MR) is 75.3 cm³/mol. The van der Waals surface area contributed by atoms with E-state index in [1.807, 2.05) is 19.1 Å². The van der Waals surface area contributed by atoms with Crippen LogP contribution >= 0.6 is 27.5 Å². The van der Waals surface area contributed by atoms with Gasteiger partial charge in [0.1, 0.15) is 0 Å². The molecular formula is C12H14BrClN4. The third-order valence-electron chi connectivity index (χ3n) is 2.60. The summed E-state index contributed by atoms with van der Waals surface area (Å²) in [4.78, 5) is 0. The zero-order valence-corrected chi connectivity index (χ0v) is 13.0. The molecule has 0 aliphatic heterocycles. The van der Waals surface area contributed by atoms with Gasteiger partial charge in [-0.05, 0) is 51.0 Å². The average Bonchev–Trinajstić information content (AvgIpc) is 2.71. The van der Waals surface area contributed by atoms with Crippen LogP contribution in [0.25, 0.3) is 5.69 Å². The van der Waals surface area contributed by atoms with Crippen LogP contribution in [0.2, 0.25) is 5.02 Å². The maximum atomic E-state index is 6.17. The van der Waals surface area contributed by atoms with E-state index < -0.39 is 0 Å². The van der Waals surface area contributed by atoms with Gasteiger partial charge in [-0.1, -0.05) is 32.4 Å². The van der Waals surface area contributed by atoms with Crippen LogP contribution in [0.5, 0.6) is 0 Å². The standard InChI is InChI=1S/C12H14BrClN4/c1-7-5-8(13)10(6-9(7)14)18-11(12(2,3)4)15-16-17-18/h5-6H,1-4H3. The van der Waals surface area contributed by atoms with E-state index in [1.54, 1.807) is 4.68 Å². The second-order valence-electron chi connectivity index (χ2n) is 5.22. The van der Waals surface area contributed by atoms with Gasteiger partial charge in [0.05, 0.1) is 5.69 Å². The Hall–Kier alpha value is -0.940. The van der Waals surface area contributed by atoms with Crippen molar-refractivity contribution in [2.75, 3.05) is 0 Å². The van der Waals surface area contributed by atoms with Crippen molar-refractivity contribution in [3.05, 3.63) is 33.0 Å². The third-order valence-corrected chi connectivity index (χ3v) is 3.64. The molecule has 0 N–H and O–H groups in total. The van der Waals surface area contributed by atoms with Crippen LogP contribution in [0.4, 0.5) is 0 Å². The fraction of sp³-hybridized carbons (Fsp3) is 0.417. The van der Waals surface area contributed by atoms with Gasteiger partial charge in [-0.3, -0.25) is 0 Å². The topological polar surface area (TPSA) is 43.6 Å². The summed E-state index contributed by atoms with van der Waals surface area (Å²) < 4.78 is 2.64. The van der Waals surface area contributed by atoms with E-state index in [4.69, 9.17) is 11.6 Å². The number of hydrogen-bond donors (Lipinski definition) is 0. The van der Waals surface area contributed by atoms with Gasteiger partial charge in [-0.25, -0.2) is 0 Å². The molecule has 6 heteroatoms. The van der Waals surface area contributed by atoms with E-state index in [1.165, 1.54) is 0 Å². The molecule has 96 valence electrons. The normalized spacial score (nSPS) is 11.9. The number of rotatable bonds is 1. The lowest BCUT2D eigenvalue weighted by molar-refractivity contribution is 0.525. The fourth-order valence-electron chi connectivity index (χ4n) is 1.62. The molecular weight excluding hydrogens is 316 g/mol. The Morgan fingerprint density at radius 1 is 1.28 bits per heavy atom. The lowest BCUT2D eigenvalue weighted by atomic mass is 9.96. The van der Waals surface area contributed by atoms with E-state index >= 15 is 0 Å². The second-order valence-corrected chi connectivity index (χ2v) is 6.48. The summed E-state index contributed by atoms with van der Waals surface area (Å²) in [5, 5.41) is 12.6. The molecule has 0 saturated heterocycles. The van der Waals surface area contributed by atoms with Gasteiger partial charge in [-0.2, -0.15) is 4.68 Å². The highest BCUT2D eigenvalue weighted by atomic mass is 79.9. The largest absolute Gasteiger partial charge is 0.196 e. The number of benzene rings is 1. The van der Waals surface area contributed by atoms with Gasteiger partial charge < -0.3 is 0 Å². The second kappa shape index (κ2) is 4.63. The van der Waals surface area contributed by atoms with Crippen LogP contribution < -0.4 is 0 Å². The number of aromatic nitrogens is 4. The van der Waals surface area contributed by atoms with Crippen LogP contribution in [-0.2, 0) is 5.41 Å². The molecule has 0 bridgehead atoms. The molecule has 18 heavy (non-hydrogen) atoms. The van der Waals surface area contributed by atoms with Crippen molar-refractivity contribution in [2.24, 2.45) is 0 Å². The maximum absolute atomic E-state index is 6.17. The number of tetrazole rings is 1. The highest BCUT2D eigenvalue weighted by Crippen LogP contribution is 2.30. The van der Waals surface area contributed by atoms with Crippen molar-refractivity contribution in [3.63, 3.8) is 0 Å². The summed E-state index contributed by atoms with van der Waals surface area (Å²) >= 11 is 9.70. The minimum atomic E-state index is -0.139. The molecule has 4 nitrogen and oxygen atoms in total. The quantitative estimate of drug-likeness (QED) is 0.801. The summed E-state index contributed by atoms with van der Waals surface area (Å²) in [6, 6.07) is 3.83. The molecule has 2 aromatic rings. The minimum absolute atomic E-state index is 0.139. The Bertz CT molecular complexity index is 586. The van der Waals surface area contributed by atoms with Gasteiger partial charge in [0.15, 0.2) is 5.82 Å². The van der Waals surface area contributed by atoms with Crippen molar-refractivity contribution >= 4 is 27.5 Å². The van der Waals surface area contributed by atoms with Crippen LogP contribution in [0.1, 0.15) is 32.2 Å². The van der Waals surface area contributed by atoms with Crippen LogP contribution in [0.15, 0.2) is 16.6 Å². The van der Waals surface area contributed by atoms with Crippen molar-refractivity contribution in [3.8, 4) is 5.69 Å². The molecule has 2 rings (SSSR count). The smallest absolute Gasteiger partial charge is 0.162 e. The van der Waals surface area contributed by atoms with Gasteiger partial charge >= 0.3 is 0 Å².